The molecule has 1 aliphatic heterocycles. The van der Waals surface area contributed by atoms with E-state index in [1.54, 1.807) is 0 Å². The van der Waals surface area contributed by atoms with Gasteiger partial charge in [0.25, 0.3) is 0 Å². The summed E-state index contributed by atoms with van der Waals surface area (Å²) in [6.07, 6.45) is 6.08. The monoisotopic (exact) mass is 252 g/mol. The molecule has 0 spiro atoms. The Kier molecular flexibility index (Phi) is 4.04. The van der Waals surface area contributed by atoms with Gasteiger partial charge in [-0.15, -0.1) is 0 Å². The van der Waals surface area contributed by atoms with Crippen LogP contribution < -0.4 is 5.73 Å². The van der Waals surface area contributed by atoms with Crippen molar-refractivity contribution in [2.24, 2.45) is 12.8 Å². The van der Waals surface area contributed by atoms with Crippen LogP contribution in [-0.4, -0.2) is 46.3 Å². The van der Waals surface area contributed by atoms with Crippen LogP contribution in [0.5, 0.6) is 0 Å². The highest BCUT2D eigenvalue weighted by Crippen LogP contribution is 2.30. The topological polar surface area (TPSA) is 56.3 Å². The fraction of sp³-hybridized carbons (Fsp3) is 0.769. The van der Waals surface area contributed by atoms with Crippen LogP contribution in [0.1, 0.15) is 25.6 Å². The highest BCUT2D eigenvalue weighted by molar-refractivity contribution is 4.98. The van der Waals surface area contributed by atoms with Crippen LogP contribution in [0.4, 0.5) is 0 Å². The average molecular weight is 252 g/mol. The molecule has 0 radical (unpaired) electrons. The molecule has 2 atom stereocenters. The van der Waals surface area contributed by atoms with Gasteiger partial charge in [0.1, 0.15) is 5.82 Å². The van der Waals surface area contributed by atoms with Gasteiger partial charge in [-0.1, -0.05) is 0 Å². The maximum atomic E-state index is 6.04. The second-order valence-corrected chi connectivity index (χ2v) is 5.37. The Hall–Kier alpha value is -0.910. The molecule has 0 aromatic carbocycles. The third kappa shape index (κ3) is 2.58. The Morgan fingerprint density at radius 1 is 1.67 bits per heavy atom. The van der Waals surface area contributed by atoms with Crippen molar-refractivity contribution in [2.45, 2.75) is 38.0 Å². The van der Waals surface area contributed by atoms with E-state index in [0.29, 0.717) is 6.54 Å². The minimum absolute atomic E-state index is 0.0453. The number of likely N-dealkylation sites (N-methyl/N-ethyl adjacent to an activating group) is 1. The van der Waals surface area contributed by atoms with Crippen molar-refractivity contribution < 1.29 is 4.74 Å². The first-order valence-corrected chi connectivity index (χ1v) is 6.56. The summed E-state index contributed by atoms with van der Waals surface area (Å²) in [6.45, 7) is 4.41. The summed E-state index contributed by atoms with van der Waals surface area (Å²) in [5.74, 6) is 1.07. The summed E-state index contributed by atoms with van der Waals surface area (Å²) in [6, 6.07) is 0. The highest BCUT2D eigenvalue weighted by Gasteiger charge is 2.38. The van der Waals surface area contributed by atoms with E-state index in [2.05, 4.69) is 28.4 Å². The normalized spacial score (nSPS) is 28.8. The number of aromatic nitrogens is 2. The van der Waals surface area contributed by atoms with Crippen molar-refractivity contribution in [1.82, 2.24) is 14.5 Å². The minimum Gasteiger partial charge on any atom is -0.378 e. The van der Waals surface area contributed by atoms with Gasteiger partial charge >= 0.3 is 0 Å². The molecule has 2 unspecified atom stereocenters. The highest BCUT2D eigenvalue weighted by atomic mass is 16.5. The number of ether oxygens (including phenoxy) is 1. The van der Waals surface area contributed by atoms with Gasteiger partial charge in [0.2, 0.25) is 0 Å². The molecule has 1 aromatic rings. The van der Waals surface area contributed by atoms with E-state index < -0.39 is 0 Å². The quantitative estimate of drug-likeness (QED) is 0.859. The summed E-state index contributed by atoms with van der Waals surface area (Å²) in [5, 5.41) is 0. The molecule has 0 amide bonds. The van der Waals surface area contributed by atoms with Gasteiger partial charge in [0.05, 0.1) is 12.6 Å². The zero-order valence-electron chi connectivity index (χ0n) is 11.6. The molecule has 0 saturated carbocycles. The number of aryl methyl sites for hydroxylation is 1. The van der Waals surface area contributed by atoms with E-state index >= 15 is 0 Å². The lowest BCUT2D eigenvalue weighted by Crippen LogP contribution is -2.56. The van der Waals surface area contributed by atoms with Crippen molar-refractivity contribution in [1.29, 1.82) is 0 Å². The van der Waals surface area contributed by atoms with E-state index in [9.17, 15) is 0 Å². The summed E-state index contributed by atoms with van der Waals surface area (Å²) < 4.78 is 7.70. The number of rotatable bonds is 4. The summed E-state index contributed by atoms with van der Waals surface area (Å²) >= 11 is 0. The predicted molar refractivity (Wildman–Crippen MR) is 71.1 cm³/mol. The molecule has 18 heavy (non-hydrogen) atoms. The van der Waals surface area contributed by atoms with Crippen LogP contribution in [0.25, 0.3) is 0 Å². The first kappa shape index (κ1) is 13.5. The molecule has 1 fully saturated rings. The predicted octanol–water partition coefficient (Wildman–Crippen LogP) is 0.748. The molecule has 1 aromatic heterocycles. The maximum Gasteiger partial charge on any atom is 0.122 e. The zero-order valence-corrected chi connectivity index (χ0v) is 11.6. The molecule has 102 valence electrons. The van der Waals surface area contributed by atoms with Gasteiger partial charge in [-0.05, 0) is 26.8 Å². The zero-order chi connectivity index (χ0) is 13.2. The third-order valence-corrected chi connectivity index (χ3v) is 4.13. The Labute approximate surface area is 109 Å². The van der Waals surface area contributed by atoms with Gasteiger partial charge in [0, 0.05) is 38.1 Å². The number of nitrogens with zero attached hydrogens (tertiary/aromatic N) is 3. The van der Waals surface area contributed by atoms with E-state index in [1.807, 2.05) is 19.4 Å². The minimum atomic E-state index is 0.0453. The molecule has 5 heteroatoms. The molecule has 2 heterocycles. The molecule has 2 N–H and O–H groups in total. The molecular weight excluding hydrogens is 228 g/mol. The summed E-state index contributed by atoms with van der Waals surface area (Å²) in [7, 11) is 4.16. The van der Waals surface area contributed by atoms with Crippen LogP contribution in [0.2, 0.25) is 0 Å². The second-order valence-electron chi connectivity index (χ2n) is 5.37. The van der Waals surface area contributed by atoms with Gasteiger partial charge in [0.15, 0.2) is 0 Å². The van der Waals surface area contributed by atoms with Crippen LogP contribution in [-0.2, 0) is 18.3 Å². The van der Waals surface area contributed by atoms with E-state index in [4.69, 9.17) is 10.5 Å². The lowest BCUT2D eigenvalue weighted by Gasteiger charge is -2.45. The van der Waals surface area contributed by atoms with E-state index in [-0.39, 0.29) is 11.6 Å². The lowest BCUT2D eigenvalue weighted by molar-refractivity contribution is -0.0591. The first-order valence-electron chi connectivity index (χ1n) is 6.56. The van der Waals surface area contributed by atoms with Crippen LogP contribution >= 0.6 is 0 Å². The molecule has 5 nitrogen and oxygen atoms in total. The maximum absolute atomic E-state index is 6.04. The lowest BCUT2D eigenvalue weighted by atomic mass is 9.85. The van der Waals surface area contributed by atoms with Crippen LogP contribution in [0.15, 0.2) is 12.4 Å². The van der Waals surface area contributed by atoms with Gasteiger partial charge in [-0.25, -0.2) is 4.98 Å². The van der Waals surface area contributed by atoms with Gasteiger partial charge < -0.3 is 15.0 Å². The number of nitrogens with two attached hydrogens (primary N) is 1. The van der Waals surface area contributed by atoms with Crippen molar-refractivity contribution in [3.63, 3.8) is 0 Å². The van der Waals surface area contributed by atoms with Gasteiger partial charge in [-0.2, -0.15) is 0 Å². The fourth-order valence-corrected chi connectivity index (χ4v) is 2.76. The summed E-state index contributed by atoms with van der Waals surface area (Å²) in [4.78, 5) is 6.73. The van der Waals surface area contributed by atoms with Crippen molar-refractivity contribution >= 4 is 0 Å². The van der Waals surface area contributed by atoms with Gasteiger partial charge in [-0.3, -0.25) is 4.90 Å². The third-order valence-electron chi connectivity index (χ3n) is 4.13. The van der Waals surface area contributed by atoms with Crippen molar-refractivity contribution in [3.05, 3.63) is 18.2 Å². The molecule has 0 aliphatic carbocycles. The van der Waals surface area contributed by atoms with E-state index in [1.165, 1.54) is 0 Å². The molecule has 0 bridgehead atoms. The molecule has 1 saturated heterocycles. The molecule has 2 rings (SSSR count). The summed E-state index contributed by atoms with van der Waals surface area (Å²) in [5.41, 5.74) is 6.09. The standard InChI is InChI=1S/C13H24N4O/c1-11-8-13(10-14,4-7-18-11)17(3)9-12-15-5-6-16(12)2/h5-6,11H,4,7-10,14H2,1-3H3. The Morgan fingerprint density at radius 2 is 2.44 bits per heavy atom. The molecular formula is C13H24N4O. The number of hydrogen-bond acceptors (Lipinski definition) is 4. The van der Waals surface area contributed by atoms with Crippen LogP contribution in [0.3, 0.4) is 0 Å². The van der Waals surface area contributed by atoms with Crippen LogP contribution in [0, 0.1) is 0 Å². The number of hydrogen-bond donors (Lipinski definition) is 1. The Bertz CT molecular complexity index is 392. The largest absolute Gasteiger partial charge is 0.378 e. The average Bonchev–Trinajstić information content (AvgIpc) is 2.75. The smallest absolute Gasteiger partial charge is 0.122 e. The number of imidazole rings is 1. The molecule has 1 aliphatic rings. The van der Waals surface area contributed by atoms with Crippen molar-refractivity contribution in [2.75, 3.05) is 20.2 Å². The Morgan fingerprint density at radius 3 is 3.00 bits per heavy atom. The van der Waals surface area contributed by atoms with E-state index in [0.717, 1.165) is 31.8 Å². The van der Waals surface area contributed by atoms with Crippen molar-refractivity contribution in [3.8, 4) is 0 Å². The SMILES string of the molecule is CC1CC(CN)(N(C)Cc2nccn2C)CCO1. The first-order chi connectivity index (χ1) is 8.57. The second kappa shape index (κ2) is 5.38. The fourth-order valence-electron chi connectivity index (χ4n) is 2.76. The Balaban J connectivity index is 2.09.